The Labute approximate surface area is 167 Å². The van der Waals surface area contributed by atoms with Crippen LogP contribution >= 0.6 is 22.9 Å². The molecule has 0 radical (unpaired) electrons. The van der Waals surface area contributed by atoms with Crippen molar-refractivity contribution in [2.75, 3.05) is 37.7 Å². The van der Waals surface area contributed by atoms with E-state index in [0.717, 1.165) is 23.7 Å². The van der Waals surface area contributed by atoms with Crippen LogP contribution in [0.2, 0.25) is 5.02 Å². The van der Waals surface area contributed by atoms with Gasteiger partial charge in [-0.05, 0) is 48.9 Å². The Morgan fingerprint density at radius 1 is 1.15 bits per heavy atom. The molecule has 1 aliphatic heterocycles. The summed E-state index contributed by atoms with van der Waals surface area (Å²) in [7, 11) is 0. The van der Waals surface area contributed by atoms with Gasteiger partial charge in [-0.25, -0.2) is 4.98 Å². The number of carbonyl (C=O) groups is 1. The summed E-state index contributed by atoms with van der Waals surface area (Å²) < 4.78 is 6.77. The predicted molar refractivity (Wildman–Crippen MR) is 110 cm³/mol. The molecule has 1 fully saturated rings. The molecule has 7 heteroatoms. The van der Waals surface area contributed by atoms with Gasteiger partial charge in [0.1, 0.15) is 5.75 Å². The Balaban J connectivity index is 1.32. The second kappa shape index (κ2) is 7.74. The number of halogens is 1. The summed E-state index contributed by atoms with van der Waals surface area (Å²) in [5, 5.41) is 1.68. The summed E-state index contributed by atoms with van der Waals surface area (Å²) in [4.78, 5) is 21.2. The van der Waals surface area contributed by atoms with Gasteiger partial charge in [0.05, 0.1) is 10.2 Å². The van der Waals surface area contributed by atoms with E-state index in [9.17, 15) is 4.79 Å². The number of aryl methyl sites for hydroxylation is 1. The number of anilines is 1. The number of aromatic nitrogens is 1. The number of nitrogens with zero attached hydrogens (tertiary/aromatic N) is 3. The lowest BCUT2D eigenvalue weighted by Gasteiger charge is -2.34. The fraction of sp³-hybridized carbons (Fsp3) is 0.300. The second-order valence-electron chi connectivity index (χ2n) is 6.58. The summed E-state index contributed by atoms with van der Waals surface area (Å²) >= 11 is 7.57. The molecule has 1 saturated heterocycles. The van der Waals surface area contributed by atoms with Crippen molar-refractivity contribution >= 4 is 44.2 Å². The molecule has 27 heavy (non-hydrogen) atoms. The Bertz CT molecular complexity index is 950. The Morgan fingerprint density at radius 3 is 2.63 bits per heavy atom. The molecule has 0 atom stereocenters. The quantitative estimate of drug-likeness (QED) is 0.663. The zero-order valence-electron chi connectivity index (χ0n) is 15.0. The van der Waals surface area contributed by atoms with Crippen molar-refractivity contribution < 1.29 is 9.53 Å². The summed E-state index contributed by atoms with van der Waals surface area (Å²) in [5.41, 5.74) is 2.28. The van der Waals surface area contributed by atoms with Crippen LogP contribution in [0.3, 0.4) is 0 Å². The monoisotopic (exact) mass is 401 g/mol. The number of hydrogen-bond donors (Lipinski definition) is 0. The maximum Gasteiger partial charge on any atom is 0.260 e. The normalized spacial score (nSPS) is 14.6. The van der Waals surface area contributed by atoms with Gasteiger partial charge in [-0.1, -0.05) is 29.0 Å². The highest BCUT2D eigenvalue weighted by Gasteiger charge is 2.23. The van der Waals surface area contributed by atoms with Crippen molar-refractivity contribution in [3.63, 3.8) is 0 Å². The lowest BCUT2D eigenvalue weighted by atomic mass is 10.2. The highest BCUT2D eigenvalue weighted by atomic mass is 35.5. The van der Waals surface area contributed by atoms with Crippen LogP contribution < -0.4 is 9.64 Å². The van der Waals surface area contributed by atoms with Crippen LogP contribution in [-0.4, -0.2) is 48.6 Å². The lowest BCUT2D eigenvalue weighted by molar-refractivity contribution is -0.133. The first-order valence-corrected chi connectivity index (χ1v) is 10.1. The van der Waals surface area contributed by atoms with Gasteiger partial charge < -0.3 is 14.5 Å². The number of piperazine rings is 1. The van der Waals surface area contributed by atoms with Crippen LogP contribution in [0.4, 0.5) is 5.13 Å². The number of ether oxygens (including phenoxy) is 1. The maximum atomic E-state index is 12.4. The molecule has 1 aliphatic rings. The average Bonchev–Trinajstić information content (AvgIpc) is 3.10. The zero-order valence-corrected chi connectivity index (χ0v) is 16.6. The smallest absolute Gasteiger partial charge is 0.260 e. The molecule has 1 amide bonds. The van der Waals surface area contributed by atoms with E-state index < -0.39 is 0 Å². The second-order valence-corrected chi connectivity index (χ2v) is 8.02. The van der Waals surface area contributed by atoms with E-state index in [1.807, 2.05) is 4.90 Å². The molecule has 140 valence electrons. The number of thiazole rings is 1. The van der Waals surface area contributed by atoms with Crippen LogP contribution in [0, 0.1) is 6.92 Å². The largest absolute Gasteiger partial charge is 0.484 e. The van der Waals surface area contributed by atoms with Crippen LogP contribution in [0.25, 0.3) is 10.2 Å². The topological polar surface area (TPSA) is 45.7 Å². The van der Waals surface area contributed by atoms with Crippen molar-refractivity contribution in [2.24, 2.45) is 0 Å². The van der Waals surface area contributed by atoms with Gasteiger partial charge in [-0.3, -0.25) is 4.79 Å². The minimum atomic E-state index is 0.00419. The van der Waals surface area contributed by atoms with Gasteiger partial charge in [0.2, 0.25) is 0 Å². The summed E-state index contributed by atoms with van der Waals surface area (Å²) in [6.07, 6.45) is 0. The van der Waals surface area contributed by atoms with E-state index in [2.05, 4.69) is 30.0 Å². The number of fused-ring (bicyclic) bond motifs is 1. The van der Waals surface area contributed by atoms with E-state index >= 15 is 0 Å². The molecule has 1 aromatic heterocycles. The molecule has 4 rings (SSSR count). The number of benzene rings is 2. The first-order valence-electron chi connectivity index (χ1n) is 8.87. The van der Waals surface area contributed by atoms with Crippen molar-refractivity contribution in [1.82, 2.24) is 9.88 Å². The molecular weight excluding hydrogens is 382 g/mol. The van der Waals surface area contributed by atoms with E-state index in [4.69, 9.17) is 21.3 Å². The average molecular weight is 402 g/mol. The third kappa shape index (κ3) is 4.17. The Morgan fingerprint density at radius 2 is 1.89 bits per heavy atom. The molecule has 0 saturated carbocycles. The maximum absolute atomic E-state index is 12.4. The molecule has 0 unspecified atom stereocenters. The summed E-state index contributed by atoms with van der Waals surface area (Å²) in [6.45, 7) is 5.06. The van der Waals surface area contributed by atoms with Crippen molar-refractivity contribution in [2.45, 2.75) is 6.92 Å². The van der Waals surface area contributed by atoms with Gasteiger partial charge in [-0.15, -0.1) is 0 Å². The van der Waals surface area contributed by atoms with E-state index in [0.29, 0.717) is 23.9 Å². The fourth-order valence-electron chi connectivity index (χ4n) is 3.07. The van der Waals surface area contributed by atoms with Gasteiger partial charge in [0, 0.05) is 31.2 Å². The molecule has 5 nitrogen and oxygen atoms in total. The first-order chi connectivity index (χ1) is 13.1. The Kier molecular flexibility index (Phi) is 5.18. The molecule has 2 aromatic carbocycles. The molecule has 2 heterocycles. The van der Waals surface area contributed by atoms with Crippen LogP contribution in [-0.2, 0) is 4.79 Å². The predicted octanol–water partition coefficient (Wildman–Crippen LogP) is 3.99. The van der Waals surface area contributed by atoms with Gasteiger partial charge in [0.15, 0.2) is 11.7 Å². The molecule has 0 spiro atoms. The van der Waals surface area contributed by atoms with Crippen LogP contribution in [0.5, 0.6) is 5.75 Å². The number of hydrogen-bond acceptors (Lipinski definition) is 5. The molecular formula is C20H20ClN3O2S. The Hall–Kier alpha value is -2.31. The summed E-state index contributed by atoms with van der Waals surface area (Å²) in [5.74, 6) is 0.653. The van der Waals surface area contributed by atoms with Crippen LogP contribution in [0.15, 0.2) is 42.5 Å². The summed E-state index contributed by atoms with van der Waals surface area (Å²) in [6, 6.07) is 13.4. The van der Waals surface area contributed by atoms with E-state index in [1.54, 1.807) is 35.6 Å². The van der Waals surface area contributed by atoms with Gasteiger partial charge in [0.25, 0.3) is 5.91 Å². The molecule has 0 N–H and O–H groups in total. The first kappa shape index (κ1) is 18.1. The van der Waals surface area contributed by atoms with Crippen LogP contribution in [0.1, 0.15) is 5.56 Å². The third-order valence-corrected chi connectivity index (χ3v) is 5.94. The minimum absolute atomic E-state index is 0.00419. The lowest BCUT2D eigenvalue weighted by Crippen LogP contribution is -2.50. The van der Waals surface area contributed by atoms with Crippen molar-refractivity contribution in [3.05, 3.63) is 53.1 Å². The van der Waals surface area contributed by atoms with E-state index in [-0.39, 0.29) is 12.5 Å². The highest BCUT2D eigenvalue weighted by Crippen LogP contribution is 2.30. The van der Waals surface area contributed by atoms with E-state index in [1.165, 1.54) is 10.3 Å². The third-order valence-electron chi connectivity index (χ3n) is 4.61. The SMILES string of the molecule is Cc1ccc2nc(N3CCN(C(=O)COc4ccc(Cl)cc4)CC3)sc2c1. The van der Waals surface area contributed by atoms with Gasteiger partial charge in [-0.2, -0.15) is 0 Å². The molecule has 0 bridgehead atoms. The zero-order chi connectivity index (χ0) is 18.8. The van der Waals surface area contributed by atoms with Gasteiger partial charge >= 0.3 is 0 Å². The molecule has 3 aromatic rings. The number of rotatable bonds is 4. The number of amides is 1. The fourth-order valence-corrected chi connectivity index (χ4v) is 4.31. The molecule has 0 aliphatic carbocycles. The minimum Gasteiger partial charge on any atom is -0.484 e. The standard InChI is InChI=1S/C20H20ClN3O2S/c1-14-2-7-17-18(12-14)27-20(22-17)24-10-8-23(9-11-24)19(25)13-26-16-5-3-15(21)4-6-16/h2-7,12H,8-11,13H2,1H3. The van der Waals surface area contributed by atoms with Crippen molar-refractivity contribution in [1.29, 1.82) is 0 Å². The highest BCUT2D eigenvalue weighted by molar-refractivity contribution is 7.22. The number of carbonyl (C=O) groups excluding carboxylic acids is 1. The van der Waals surface area contributed by atoms with Crippen molar-refractivity contribution in [3.8, 4) is 5.75 Å².